The zero-order valence-electron chi connectivity index (χ0n) is 14.3. The number of fused-ring (bicyclic) bond motifs is 1. The lowest BCUT2D eigenvalue weighted by molar-refractivity contribution is -0.118. The van der Waals surface area contributed by atoms with Crippen molar-refractivity contribution < 1.29 is 13.9 Å². The maximum Gasteiger partial charge on any atom is 0.336 e. The summed E-state index contributed by atoms with van der Waals surface area (Å²) < 4.78 is 11.1. The number of benzene rings is 2. The Bertz CT molecular complexity index is 1030. The fourth-order valence-corrected chi connectivity index (χ4v) is 5.63. The van der Waals surface area contributed by atoms with Crippen molar-refractivity contribution in [2.75, 3.05) is 23.4 Å². The van der Waals surface area contributed by atoms with Crippen LogP contribution in [0.5, 0.6) is 5.75 Å². The Morgan fingerprint density at radius 3 is 2.78 bits per heavy atom. The van der Waals surface area contributed by atoms with E-state index in [0.717, 1.165) is 22.6 Å². The second kappa shape index (κ2) is 8.10. The molecule has 5 nitrogen and oxygen atoms in total. The number of hydrogen-bond acceptors (Lipinski definition) is 6. The topological polar surface area (TPSA) is 68.5 Å². The minimum Gasteiger partial charge on any atom is -0.484 e. The second-order valence-electron chi connectivity index (χ2n) is 5.99. The van der Waals surface area contributed by atoms with Crippen LogP contribution in [0, 0.1) is 0 Å². The zero-order valence-corrected chi connectivity index (χ0v) is 16.0. The largest absolute Gasteiger partial charge is 0.484 e. The molecule has 7 heteroatoms. The van der Waals surface area contributed by atoms with Gasteiger partial charge in [0.1, 0.15) is 11.3 Å². The summed E-state index contributed by atoms with van der Waals surface area (Å²) in [6.07, 6.45) is 0. The first-order valence-corrected chi connectivity index (χ1v) is 10.6. The number of amides is 1. The molecule has 1 aliphatic rings. The lowest BCUT2D eigenvalue weighted by Crippen LogP contribution is -2.20. The number of ether oxygens (including phenoxy) is 1. The van der Waals surface area contributed by atoms with E-state index in [1.807, 2.05) is 41.7 Å². The normalized spacial score (nSPS) is 14.4. The molecule has 4 rings (SSSR count). The molecule has 0 unspecified atom stereocenters. The van der Waals surface area contributed by atoms with Crippen molar-refractivity contribution in [3.05, 3.63) is 70.6 Å². The van der Waals surface area contributed by atoms with Gasteiger partial charge in [-0.15, -0.1) is 23.5 Å². The lowest BCUT2D eigenvalue weighted by Gasteiger charge is -2.11. The SMILES string of the molecule is O=C(COc1ccc2ccc(=O)oc2c1)Nc1cccc(C2SCCS2)c1. The van der Waals surface area contributed by atoms with Crippen molar-refractivity contribution >= 4 is 46.1 Å². The Morgan fingerprint density at radius 2 is 1.93 bits per heavy atom. The van der Waals surface area contributed by atoms with Crippen LogP contribution in [0.25, 0.3) is 11.0 Å². The molecule has 0 saturated carbocycles. The number of anilines is 1. The Kier molecular flexibility index (Phi) is 5.40. The molecule has 1 amide bonds. The van der Waals surface area contributed by atoms with E-state index >= 15 is 0 Å². The van der Waals surface area contributed by atoms with E-state index in [1.54, 1.807) is 24.3 Å². The summed E-state index contributed by atoms with van der Waals surface area (Å²) in [6.45, 7) is -0.125. The highest BCUT2D eigenvalue weighted by atomic mass is 32.2. The van der Waals surface area contributed by atoms with Crippen molar-refractivity contribution in [3.63, 3.8) is 0 Å². The summed E-state index contributed by atoms with van der Waals surface area (Å²) in [5, 5.41) is 3.66. The molecule has 1 fully saturated rings. The molecule has 2 heterocycles. The van der Waals surface area contributed by atoms with Crippen LogP contribution in [-0.2, 0) is 4.79 Å². The van der Waals surface area contributed by atoms with Crippen molar-refractivity contribution in [1.82, 2.24) is 0 Å². The van der Waals surface area contributed by atoms with Gasteiger partial charge in [0.2, 0.25) is 0 Å². The number of thioether (sulfide) groups is 2. The van der Waals surface area contributed by atoms with Gasteiger partial charge >= 0.3 is 5.63 Å². The predicted molar refractivity (Wildman–Crippen MR) is 111 cm³/mol. The molecule has 1 N–H and O–H groups in total. The quantitative estimate of drug-likeness (QED) is 0.646. The lowest BCUT2D eigenvalue weighted by atomic mass is 10.2. The molecule has 3 aromatic rings. The maximum absolute atomic E-state index is 12.2. The van der Waals surface area contributed by atoms with Crippen LogP contribution < -0.4 is 15.7 Å². The summed E-state index contributed by atoms with van der Waals surface area (Å²) in [5.41, 5.74) is 1.99. The molecule has 1 saturated heterocycles. The molecule has 138 valence electrons. The molecule has 1 aliphatic heterocycles. The number of nitrogens with one attached hydrogen (secondary N) is 1. The van der Waals surface area contributed by atoms with Crippen molar-refractivity contribution in [2.24, 2.45) is 0 Å². The number of hydrogen-bond donors (Lipinski definition) is 1. The summed E-state index contributed by atoms with van der Waals surface area (Å²) in [7, 11) is 0. The van der Waals surface area contributed by atoms with Gasteiger partial charge in [0.05, 0.1) is 4.58 Å². The summed E-state index contributed by atoms with van der Waals surface area (Å²) in [5.74, 6) is 2.55. The second-order valence-corrected chi connectivity index (χ2v) is 8.71. The van der Waals surface area contributed by atoms with Crippen molar-refractivity contribution in [1.29, 1.82) is 0 Å². The third-order valence-corrected chi connectivity index (χ3v) is 7.13. The number of carbonyl (C=O) groups is 1. The first kappa shape index (κ1) is 18.0. The average molecular weight is 399 g/mol. The average Bonchev–Trinajstić information content (AvgIpc) is 3.21. The van der Waals surface area contributed by atoms with Gasteiger partial charge in [0.15, 0.2) is 6.61 Å². The summed E-state index contributed by atoms with van der Waals surface area (Å²) >= 11 is 3.85. The van der Waals surface area contributed by atoms with Crippen LogP contribution in [-0.4, -0.2) is 24.0 Å². The first-order chi connectivity index (χ1) is 13.2. The molecule has 0 spiro atoms. The van der Waals surface area contributed by atoms with E-state index in [0.29, 0.717) is 15.9 Å². The van der Waals surface area contributed by atoms with Crippen LogP contribution in [0.1, 0.15) is 10.1 Å². The molecule has 0 atom stereocenters. The fraction of sp³-hybridized carbons (Fsp3) is 0.200. The highest BCUT2D eigenvalue weighted by Crippen LogP contribution is 2.45. The molecule has 0 aliphatic carbocycles. The third-order valence-electron chi connectivity index (χ3n) is 4.03. The summed E-state index contributed by atoms with van der Waals surface area (Å²) in [4.78, 5) is 23.5. The molecular weight excluding hydrogens is 382 g/mol. The van der Waals surface area contributed by atoms with Crippen LogP contribution in [0.3, 0.4) is 0 Å². The number of carbonyl (C=O) groups excluding carboxylic acids is 1. The van der Waals surface area contributed by atoms with Gasteiger partial charge < -0.3 is 14.5 Å². The maximum atomic E-state index is 12.2. The van der Waals surface area contributed by atoms with E-state index < -0.39 is 5.63 Å². The van der Waals surface area contributed by atoms with Crippen LogP contribution >= 0.6 is 23.5 Å². The zero-order chi connectivity index (χ0) is 18.6. The van der Waals surface area contributed by atoms with Crippen LogP contribution in [0.15, 0.2) is 63.8 Å². The van der Waals surface area contributed by atoms with E-state index in [2.05, 4.69) is 11.4 Å². The van der Waals surface area contributed by atoms with Gasteiger partial charge in [-0.2, -0.15) is 0 Å². The smallest absolute Gasteiger partial charge is 0.336 e. The molecular formula is C20H17NO4S2. The van der Waals surface area contributed by atoms with Gasteiger partial charge in [-0.1, -0.05) is 12.1 Å². The molecule has 1 aromatic heterocycles. The van der Waals surface area contributed by atoms with Gasteiger partial charge in [-0.25, -0.2) is 4.79 Å². The van der Waals surface area contributed by atoms with E-state index in [9.17, 15) is 9.59 Å². The Morgan fingerprint density at radius 1 is 1.11 bits per heavy atom. The van der Waals surface area contributed by atoms with Gasteiger partial charge in [0, 0.05) is 34.7 Å². The van der Waals surface area contributed by atoms with Gasteiger partial charge in [-0.3, -0.25) is 4.79 Å². The van der Waals surface area contributed by atoms with E-state index in [4.69, 9.17) is 9.15 Å². The van der Waals surface area contributed by atoms with E-state index in [1.165, 1.54) is 11.6 Å². The minimum absolute atomic E-state index is 0.125. The number of rotatable bonds is 5. The predicted octanol–water partition coefficient (Wildman–Crippen LogP) is 4.29. The van der Waals surface area contributed by atoms with Crippen LogP contribution in [0.4, 0.5) is 5.69 Å². The monoisotopic (exact) mass is 399 g/mol. The highest BCUT2D eigenvalue weighted by molar-refractivity contribution is 8.19. The first-order valence-electron chi connectivity index (χ1n) is 8.47. The van der Waals surface area contributed by atoms with Gasteiger partial charge in [0.25, 0.3) is 5.91 Å². The Balaban J connectivity index is 1.38. The van der Waals surface area contributed by atoms with Crippen LogP contribution in [0.2, 0.25) is 0 Å². The fourth-order valence-electron chi connectivity index (χ4n) is 2.79. The standard InChI is InChI=1S/C20H17NO4S2/c22-18(21-15-3-1-2-14(10-15)20-26-8-9-27-20)12-24-16-6-4-13-5-7-19(23)25-17(13)11-16/h1-7,10-11,20H,8-9,12H2,(H,21,22). The molecule has 0 bridgehead atoms. The minimum atomic E-state index is -0.420. The van der Waals surface area contributed by atoms with Crippen molar-refractivity contribution in [2.45, 2.75) is 4.58 Å². The molecule has 0 radical (unpaired) electrons. The third kappa shape index (κ3) is 4.48. The Hall–Kier alpha value is -2.38. The molecule has 27 heavy (non-hydrogen) atoms. The van der Waals surface area contributed by atoms with Gasteiger partial charge in [-0.05, 0) is 35.9 Å². The summed E-state index contributed by atoms with van der Waals surface area (Å²) in [6, 6.07) is 16.1. The van der Waals surface area contributed by atoms with Crippen molar-refractivity contribution in [3.8, 4) is 5.75 Å². The van der Waals surface area contributed by atoms with E-state index in [-0.39, 0.29) is 12.5 Å². The molecule has 2 aromatic carbocycles. The Labute approximate surface area is 164 Å². The highest BCUT2D eigenvalue weighted by Gasteiger charge is 2.18.